The number of anilines is 3. The molecular weight excluding hydrogens is 450 g/mol. The lowest BCUT2D eigenvalue weighted by Gasteiger charge is -2.13. The zero-order valence-corrected chi connectivity index (χ0v) is 19.5. The van der Waals surface area contributed by atoms with Crippen molar-refractivity contribution in [2.24, 2.45) is 0 Å². The van der Waals surface area contributed by atoms with Crippen LogP contribution in [0.2, 0.25) is 0 Å². The van der Waals surface area contributed by atoms with Crippen LogP contribution in [0.15, 0.2) is 85.6 Å². The summed E-state index contributed by atoms with van der Waals surface area (Å²) in [4.78, 5) is 30.3. The molecule has 2 N–H and O–H groups in total. The number of carbonyl (C=O) groups is 1. The Bertz CT molecular complexity index is 1810. The maximum Gasteiger partial charge on any atom is 0.255 e. The fourth-order valence-corrected chi connectivity index (χ4v) is 3.50. The Hall–Kier alpha value is -4.85. The molecule has 36 heavy (non-hydrogen) atoms. The molecule has 3 heterocycles. The first-order chi connectivity index (χ1) is 19.9. The van der Waals surface area contributed by atoms with E-state index < -0.39 is 12.8 Å². The number of imidazole rings is 1. The highest BCUT2D eigenvalue weighted by atomic mass is 16.1. The summed E-state index contributed by atoms with van der Waals surface area (Å²) in [7, 11) is 0. The normalized spacial score (nSPS) is 13.5. The molecule has 0 unspecified atom stereocenters. The van der Waals surface area contributed by atoms with Crippen molar-refractivity contribution in [1.82, 2.24) is 24.5 Å². The van der Waals surface area contributed by atoms with Crippen molar-refractivity contribution in [3.63, 3.8) is 0 Å². The van der Waals surface area contributed by atoms with E-state index in [0.29, 0.717) is 11.4 Å². The van der Waals surface area contributed by atoms with Gasteiger partial charge in [-0.05, 0) is 80.3 Å². The second-order valence-electron chi connectivity index (χ2n) is 7.99. The summed E-state index contributed by atoms with van der Waals surface area (Å²) in [5, 5.41) is 5.55. The van der Waals surface area contributed by atoms with Gasteiger partial charge in [-0.1, -0.05) is 6.07 Å². The lowest BCUT2D eigenvalue weighted by Crippen LogP contribution is -2.13. The van der Waals surface area contributed by atoms with Crippen LogP contribution in [0.1, 0.15) is 35.4 Å². The molecule has 0 aliphatic carbocycles. The average molecular weight is 482 g/mol. The summed E-state index contributed by atoms with van der Waals surface area (Å²) in [6, 6.07) is 8.90. The largest absolute Gasteiger partial charge is 0.324 e. The second kappa shape index (κ2) is 9.79. The predicted molar refractivity (Wildman–Crippen MR) is 141 cm³/mol. The first kappa shape index (κ1) is 16.7. The number of hydrogen-bond acceptors (Lipinski definition) is 6. The van der Waals surface area contributed by atoms with Gasteiger partial charge in [0, 0.05) is 57.1 Å². The summed E-state index contributed by atoms with van der Waals surface area (Å²) >= 11 is 0. The molecule has 0 fully saturated rings. The third kappa shape index (κ3) is 5.12. The van der Waals surface area contributed by atoms with Gasteiger partial charge < -0.3 is 15.2 Å². The molecule has 0 spiro atoms. The molecule has 0 saturated carbocycles. The Kier molecular flexibility index (Phi) is 4.55. The van der Waals surface area contributed by atoms with Gasteiger partial charge in [0.05, 0.1) is 21.8 Å². The molecule has 8 nitrogen and oxygen atoms in total. The molecule has 2 aromatic carbocycles. The minimum Gasteiger partial charge on any atom is -0.324 e. The highest BCUT2D eigenvalue weighted by Gasteiger charge is 2.12. The number of aryl methyl sites for hydroxylation is 2. The van der Waals surface area contributed by atoms with E-state index >= 15 is 0 Å². The van der Waals surface area contributed by atoms with Crippen molar-refractivity contribution < 1.29 is 13.0 Å². The van der Waals surface area contributed by atoms with Crippen molar-refractivity contribution in [1.29, 1.82) is 0 Å². The van der Waals surface area contributed by atoms with Crippen molar-refractivity contribution in [2.75, 3.05) is 10.6 Å². The summed E-state index contributed by atoms with van der Waals surface area (Å²) in [6.07, 6.45) is 7.91. The molecule has 3 aromatic heterocycles. The monoisotopic (exact) mass is 481 g/mol. The number of rotatable bonds is 6. The Morgan fingerprint density at radius 2 is 2.00 bits per heavy atom. The maximum atomic E-state index is 13.4. The van der Waals surface area contributed by atoms with Crippen LogP contribution in [0.3, 0.4) is 0 Å². The Labute approximate surface area is 217 Å². The van der Waals surface area contributed by atoms with Gasteiger partial charge in [0.2, 0.25) is 5.95 Å². The van der Waals surface area contributed by atoms with Gasteiger partial charge in [-0.25, -0.2) is 15.0 Å². The van der Waals surface area contributed by atoms with Crippen LogP contribution in [0.4, 0.5) is 17.3 Å². The van der Waals surface area contributed by atoms with Crippen LogP contribution in [-0.2, 0) is 0 Å². The molecule has 0 atom stereocenters. The maximum absolute atomic E-state index is 13.4. The predicted octanol–water partition coefficient (Wildman–Crippen LogP) is 5.65. The SMILES string of the molecule is [2H]c1c(C)c([2H])c(-n2cnc(C)c2)c([2H])c1NC(=O)c1ccc(C([2H])([2H])[2H])c(Nc2nccc(-c3cccnc3)n2)c1. The fraction of sp³-hybridized carbons (Fsp3) is 0.107. The third-order valence-electron chi connectivity index (χ3n) is 5.21. The van der Waals surface area contributed by atoms with Crippen molar-refractivity contribution in [3.8, 4) is 16.9 Å². The van der Waals surface area contributed by atoms with Crippen LogP contribution in [0.5, 0.6) is 0 Å². The fourth-order valence-electron chi connectivity index (χ4n) is 3.50. The summed E-state index contributed by atoms with van der Waals surface area (Å²) < 4.78 is 51.2. The van der Waals surface area contributed by atoms with E-state index in [1.807, 2.05) is 6.07 Å². The van der Waals surface area contributed by atoms with E-state index in [4.69, 9.17) is 8.22 Å². The van der Waals surface area contributed by atoms with E-state index in [9.17, 15) is 4.79 Å². The highest BCUT2D eigenvalue weighted by molar-refractivity contribution is 6.05. The van der Waals surface area contributed by atoms with Gasteiger partial charge in [0.25, 0.3) is 5.91 Å². The topological polar surface area (TPSA) is 97.6 Å². The van der Waals surface area contributed by atoms with E-state index in [0.717, 1.165) is 5.56 Å². The standard InChI is InChI=1S/C28H25N7O/c1-18-11-23(14-24(12-18)35-16-20(3)31-17-35)32-27(36)21-7-6-19(2)26(13-21)34-28-30-10-8-25(33-28)22-5-4-9-29-15-22/h4-17H,1-3H3,(H,32,36)(H,30,33,34)/i2D3,11D,12D,14D. The minimum atomic E-state index is -2.51. The zero-order chi connectivity index (χ0) is 30.2. The number of nitrogens with zero attached hydrogens (tertiary/aromatic N) is 5. The minimum absolute atomic E-state index is 0.0255. The molecular formula is C28H25N7O. The molecule has 5 aromatic rings. The Balaban J connectivity index is 1.51. The molecule has 5 rings (SSSR count). The Morgan fingerprint density at radius 3 is 2.78 bits per heavy atom. The molecule has 0 aliphatic heterocycles. The van der Waals surface area contributed by atoms with Gasteiger partial charge >= 0.3 is 0 Å². The van der Waals surface area contributed by atoms with Gasteiger partial charge in [-0.15, -0.1) is 0 Å². The second-order valence-corrected chi connectivity index (χ2v) is 7.99. The Morgan fingerprint density at radius 1 is 1.08 bits per heavy atom. The first-order valence-corrected chi connectivity index (χ1v) is 11.0. The smallest absolute Gasteiger partial charge is 0.255 e. The van der Waals surface area contributed by atoms with E-state index in [2.05, 4.69) is 30.6 Å². The number of aromatic nitrogens is 5. The van der Waals surface area contributed by atoms with Crippen LogP contribution in [0.25, 0.3) is 16.9 Å². The molecule has 0 bridgehead atoms. The molecule has 0 aliphatic rings. The molecule has 0 radical (unpaired) electrons. The average Bonchev–Trinajstić information content (AvgIpc) is 3.39. The number of nitrogens with one attached hydrogen (secondary N) is 2. The van der Waals surface area contributed by atoms with E-state index in [1.54, 1.807) is 44.6 Å². The summed E-state index contributed by atoms with van der Waals surface area (Å²) in [6.45, 7) is 0.826. The molecule has 1 amide bonds. The van der Waals surface area contributed by atoms with E-state index in [-0.39, 0.29) is 57.8 Å². The van der Waals surface area contributed by atoms with E-state index in [1.165, 1.54) is 35.3 Å². The molecule has 8 heteroatoms. The zero-order valence-electron chi connectivity index (χ0n) is 25.5. The van der Waals surface area contributed by atoms with Crippen molar-refractivity contribution >= 4 is 23.2 Å². The van der Waals surface area contributed by atoms with Gasteiger partial charge in [0.15, 0.2) is 0 Å². The lowest BCUT2D eigenvalue weighted by atomic mass is 10.1. The van der Waals surface area contributed by atoms with Crippen LogP contribution < -0.4 is 10.6 Å². The van der Waals surface area contributed by atoms with Gasteiger partial charge in [-0.3, -0.25) is 9.78 Å². The molecule has 0 saturated heterocycles. The van der Waals surface area contributed by atoms with Crippen LogP contribution in [0, 0.1) is 20.7 Å². The van der Waals surface area contributed by atoms with Gasteiger partial charge in [0.1, 0.15) is 0 Å². The summed E-state index contributed by atoms with van der Waals surface area (Å²) in [5.41, 5.74) is 2.45. The van der Waals surface area contributed by atoms with Crippen molar-refractivity contribution in [2.45, 2.75) is 20.7 Å². The first-order valence-electron chi connectivity index (χ1n) is 14.0. The molecule has 178 valence electrons. The number of hydrogen-bond donors (Lipinski definition) is 2. The summed E-state index contributed by atoms with van der Waals surface area (Å²) in [5.74, 6) is -0.560. The number of amides is 1. The quantitative estimate of drug-likeness (QED) is 0.325. The van der Waals surface area contributed by atoms with Crippen LogP contribution >= 0.6 is 0 Å². The number of pyridine rings is 1. The lowest BCUT2D eigenvalue weighted by molar-refractivity contribution is 0.102. The highest BCUT2D eigenvalue weighted by Crippen LogP contribution is 2.24. The van der Waals surface area contributed by atoms with Crippen LogP contribution in [-0.4, -0.2) is 30.4 Å². The number of carbonyl (C=O) groups excluding carboxylic acids is 1. The third-order valence-corrected chi connectivity index (χ3v) is 5.21. The number of benzene rings is 2. The van der Waals surface area contributed by atoms with Crippen molar-refractivity contribution in [3.05, 3.63) is 108 Å². The van der Waals surface area contributed by atoms with Gasteiger partial charge in [-0.2, -0.15) is 0 Å².